The number of rotatable bonds is 6. The third kappa shape index (κ3) is 3.61. The molecule has 3 aromatic rings. The number of aromatic nitrogens is 3. The highest BCUT2D eigenvalue weighted by Crippen LogP contribution is 2.41. The number of aryl methyl sites for hydroxylation is 1. The summed E-state index contributed by atoms with van der Waals surface area (Å²) in [4.78, 5) is 8.71. The Labute approximate surface area is 169 Å². The lowest BCUT2D eigenvalue weighted by Gasteiger charge is -2.37. The first-order chi connectivity index (χ1) is 13.6. The number of likely N-dealkylation sites (tertiary alicyclic amines) is 1. The van der Waals surface area contributed by atoms with E-state index in [-0.39, 0.29) is 11.9 Å². The first-order valence-corrected chi connectivity index (χ1v) is 11.0. The molecule has 1 aliphatic heterocycles. The molecule has 7 heteroatoms. The molecular formula is C21H28N4O2S. The topological polar surface area (TPSA) is 62.9 Å². The Bertz CT molecular complexity index is 934. The van der Waals surface area contributed by atoms with Gasteiger partial charge in [0.05, 0.1) is 17.5 Å². The van der Waals surface area contributed by atoms with Gasteiger partial charge in [-0.15, -0.1) is 5.10 Å². The lowest BCUT2D eigenvalue weighted by molar-refractivity contribution is 0.149. The van der Waals surface area contributed by atoms with E-state index in [9.17, 15) is 5.11 Å². The number of piperidine rings is 1. The van der Waals surface area contributed by atoms with Crippen LogP contribution in [0.4, 0.5) is 0 Å². The molecule has 1 N–H and O–H groups in total. The third-order valence-corrected chi connectivity index (χ3v) is 6.44. The summed E-state index contributed by atoms with van der Waals surface area (Å²) in [6, 6.07) is 8.26. The third-order valence-electron chi connectivity index (χ3n) is 5.37. The zero-order valence-corrected chi connectivity index (χ0v) is 17.6. The molecule has 0 amide bonds. The van der Waals surface area contributed by atoms with Gasteiger partial charge in [0, 0.05) is 13.0 Å². The number of nitrogens with zero attached hydrogens (tertiary/aromatic N) is 4. The van der Waals surface area contributed by atoms with Crippen LogP contribution in [0, 0.1) is 5.92 Å². The van der Waals surface area contributed by atoms with Crippen LogP contribution in [0.5, 0.6) is 11.6 Å². The van der Waals surface area contributed by atoms with Crippen LogP contribution in [0.1, 0.15) is 55.9 Å². The largest absolute Gasteiger partial charge is 0.494 e. The van der Waals surface area contributed by atoms with Crippen molar-refractivity contribution in [3.63, 3.8) is 0 Å². The summed E-state index contributed by atoms with van der Waals surface area (Å²) in [7, 11) is 0. The molecule has 2 aromatic heterocycles. The van der Waals surface area contributed by atoms with Crippen molar-refractivity contribution < 1.29 is 9.84 Å². The van der Waals surface area contributed by atoms with Crippen molar-refractivity contribution in [2.24, 2.45) is 5.92 Å². The Morgan fingerprint density at radius 2 is 2.07 bits per heavy atom. The second-order valence-electron chi connectivity index (χ2n) is 7.51. The van der Waals surface area contributed by atoms with Crippen molar-refractivity contribution in [1.29, 1.82) is 0 Å². The van der Waals surface area contributed by atoms with Crippen molar-refractivity contribution in [2.45, 2.75) is 46.1 Å². The van der Waals surface area contributed by atoms with Gasteiger partial charge in [0.1, 0.15) is 5.75 Å². The normalized spacial score (nSPS) is 19.2. The molecule has 1 aromatic carbocycles. The van der Waals surface area contributed by atoms with Gasteiger partial charge in [-0.1, -0.05) is 37.3 Å². The molecule has 6 nitrogen and oxygen atoms in total. The summed E-state index contributed by atoms with van der Waals surface area (Å²) in [6.45, 7) is 9.01. The highest BCUT2D eigenvalue weighted by molar-refractivity contribution is 7.17. The molecule has 0 aliphatic carbocycles. The van der Waals surface area contributed by atoms with Crippen LogP contribution in [0.15, 0.2) is 24.3 Å². The first-order valence-electron chi connectivity index (χ1n) is 10.1. The molecule has 4 rings (SSSR count). The fraction of sp³-hybridized carbons (Fsp3) is 0.524. The Hall–Kier alpha value is -2.12. The second-order valence-corrected chi connectivity index (χ2v) is 8.52. The molecule has 0 spiro atoms. The quantitative estimate of drug-likeness (QED) is 0.669. The standard InChI is InChI=1S/C21H28N4O2S/c1-4-17-22-21-25(23-17)20(26)19(28-21)18(24-12-6-7-14(3)13-24)15-8-10-16(11-9-15)27-5-2/h8-11,14,18,26H,4-7,12-13H2,1-3H3/t14-,18-/m1/s1. The molecule has 0 radical (unpaired) electrons. The number of hydrogen-bond acceptors (Lipinski definition) is 6. The van der Waals surface area contributed by atoms with Crippen molar-refractivity contribution >= 4 is 16.3 Å². The van der Waals surface area contributed by atoms with E-state index in [1.54, 1.807) is 4.52 Å². The van der Waals surface area contributed by atoms with Crippen LogP contribution in [-0.2, 0) is 6.42 Å². The maximum atomic E-state index is 11.0. The molecule has 28 heavy (non-hydrogen) atoms. The minimum Gasteiger partial charge on any atom is -0.494 e. The Kier molecular flexibility index (Phi) is 5.55. The van der Waals surface area contributed by atoms with Crippen LogP contribution in [-0.4, -0.2) is 44.3 Å². The van der Waals surface area contributed by atoms with Crippen molar-refractivity contribution in [3.8, 4) is 11.6 Å². The van der Waals surface area contributed by atoms with Gasteiger partial charge < -0.3 is 9.84 Å². The SMILES string of the molecule is CCOc1ccc([C@H](c2sc3nc(CC)nn3c2O)N2CCC[C@@H](C)C2)cc1. The van der Waals surface area contributed by atoms with Gasteiger partial charge in [-0.25, -0.2) is 4.98 Å². The molecule has 1 aliphatic rings. The van der Waals surface area contributed by atoms with E-state index in [0.717, 1.165) is 46.5 Å². The number of aromatic hydroxyl groups is 1. The monoisotopic (exact) mass is 400 g/mol. The molecule has 1 fully saturated rings. The van der Waals surface area contributed by atoms with E-state index >= 15 is 0 Å². The first kappa shape index (κ1) is 19.2. The van der Waals surface area contributed by atoms with E-state index in [4.69, 9.17) is 4.74 Å². The van der Waals surface area contributed by atoms with Crippen LogP contribution in [0.25, 0.3) is 4.96 Å². The van der Waals surface area contributed by atoms with E-state index in [1.165, 1.54) is 24.2 Å². The average molecular weight is 401 g/mol. The highest BCUT2D eigenvalue weighted by Gasteiger charge is 2.31. The lowest BCUT2D eigenvalue weighted by atomic mass is 9.95. The summed E-state index contributed by atoms with van der Waals surface area (Å²) in [5, 5.41) is 15.4. The minimum atomic E-state index is -0.00277. The van der Waals surface area contributed by atoms with Crippen LogP contribution < -0.4 is 4.74 Å². The predicted octanol–water partition coefficient (Wildman–Crippen LogP) is 4.28. The number of benzene rings is 1. The minimum absolute atomic E-state index is 0.00277. The molecule has 1 saturated heterocycles. The molecule has 0 saturated carbocycles. The summed E-state index contributed by atoms with van der Waals surface area (Å²) in [5.41, 5.74) is 1.16. The van der Waals surface area contributed by atoms with Gasteiger partial charge in [-0.2, -0.15) is 4.52 Å². The van der Waals surface area contributed by atoms with Crippen molar-refractivity contribution in [3.05, 3.63) is 40.5 Å². The van der Waals surface area contributed by atoms with E-state index in [1.807, 2.05) is 26.0 Å². The smallest absolute Gasteiger partial charge is 0.230 e. The zero-order valence-electron chi connectivity index (χ0n) is 16.8. The predicted molar refractivity (Wildman–Crippen MR) is 111 cm³/mol. The maximum Gasteiger partial charge on any atom is 0.230 e. The van der Waals surface area contributed by atoms with Gasteiger partial charge >= 0.3 is 0 Å². The number of thiazole rings is 1. The summed E-state index contributed by atoms with van der Waals surface area (Å²) in [6.07, 6.45) is 3.19. The lowest BCUT2D eigenvalue weighted by Crippen LogP contribution is -2.37. The van der Waals surface area contributed by atoms with E-state index < -0.39 is 0 Å². The number of hydrogen-bond donors (Lipinski definition) is 1. The van der Waals surface area contributed by atoms with E-state index in [0.29, 0.717) is 12.5 Å². The Balaban J connectivity index is 1.76. The number of fused-ring (bicyclic) bond motifs is 1. The molecule has 0 bridgehead atoms. The maximum absolute atomic E-state index is 11.0. The van der Waals surface area contributed by atoms with Gasteiger partial charge in [0.2, 0.25) is 10.8 Å². The van der Waals surface area contributed by atoms with E-state index in [2.05, 4.69) is 34.0 Å². The highest BCUT2D eigenvalue weighted by atomic mass is 32.1. The van der Waals surface area contributed by atoms with Crippen molar-refractivity contribution in [2.75, 3.05) is 19.7 Å². The average Bonchev–Trinajstić information content (AvgIpc) is 3.23. The van der Waals surface area contributed by atoms with Crippen LogP contribution in [0.3, 0.4) is 0 Å². The van der Waals surface area contributed by atoms with Crippen molar-refractivity contribution in [1.82, 2.24) is 19.5 Å². The second kappa shape index (κ2) is 8.09. The van der Waals surface area contributed by atoms with Crippen LogP contribution >= 0.6 is 11.3 Å². The van der Waals surface area contributed by atoms with Gasteiger partial charge in [0.15, 0.2) is 5.82 Å². The molecular weight excluding hydrogens is 372 g/mol. The van der Waals surface area contributed by atoms with Gasteiger partial charge in [-0.05, 0) is 49.9 Å². The summed E-state index contributed by atoms with van der Waals surface area (Å²) < 4.78 is 7.20. The Morgan fingerprint density at radius 3 is 2.71 bits per heavy atom. The zero-order chi connectivity index (χ0) is 19.7. The molecule has 3 heterocycles. The summed E-state index contributed by atoms with van der Waals surface area (Å²) >= 11 is 1.54. The molecule has 2 atom stereocenters. The van der Waals surface area contributed by atoms with Gasteiger partial charge in [-0.3, -0.25) is 4.90 Å². The van der Waals surface area contributed by atoms with Gasteiger partial charge in [0.25, 0.3) is 0 Å². The number of ether oxygens (including phenoxy) is 1. The molecule has 150 valence electrons. The Morgan fingerprint density at radius 1 is 1.29 bits per heavy atom. The summed E-state index contributed by atoms with van der Waals surface area (Å²) in [5.74, 6) is 2.49. The van der Waals surface area contributed by atoms with Crippen LogP contribution in [0.2, 0.25) is 0 Å². The molecule has 0 unspecified atom stereocenters. The fourth-order valence-electron chi connectivity index (χ4n) is 4.02. The fourth-order valence-corrected chi connectivity index (χ4v) is 5.16.